The maximum absolute atomic E-state index is 12.3. The summed E-state index contributed by atoms with van der Waals surface area (Å²) < 4.78 is 0. The van der Waals surface area contributed by atoms with Crippen LogP contribution in [0, 0.1) is 0 Å². The molecular formula is C21H31N5O3. The quantitative estimate of drug-likeness (QED) is 0.409. The van der Waals surface area contributed by atoms with Crippen molar-refractivity contribution >= 4 is 23.3 Å². The molecular weight excluding hydrogens is 370 g/mol. The monoisotopic (exact) mass is 401 g/mol. The first-order chi connectivity index (χ1) is 14.1. The summed E-state index contributed by atoms with van der Waals surface area (Å²) in [4.78, 5) is 33.4. The zero-order valence-corrected chi connectivity index (χ0v) is 16.9. The summed E-state index contributed by atoms with van der Waals surface area (Å²) in [6.45, 7) is 2.67. The van der Waals surface area contributed by atoms with E-state index in [9.17, 15) is 9.59 Å². The molecule has 0 radical (unpaired) electrons. The van der Waals surface area contributed by atoms with Crippen LogP contribution in [-0.4, -0.2) is 61.4 Å². The fraction of sp³-hybridized carbons (Fsp3) is 0.571. The van der Waals surface area contributed by atoms with Gasteiger partial charge >= 0.3 is 0 Å². The van der Waals surface area contributed by atoms with Crippen molar-refractivity contribution in [3.8, 4) is 0 Å². The Morgan fingerprint density at radius 1 is 1.07 bits per heavy atom. The lowest BCUT2D eigenvalue weighted by molar-refractivity contribution is -0.136. The van der Waals surface area contributed by atoms with Gasteiger partial charge in [-0.25, -0.2) is 0 Å². The number of benzene rings is 1. The third-order valence-electron chi connectivity index (χ3n) is 5.44. The molecule has 1 heterocycles. The Morgan fingerprint density at radius 3 is 2.45 bits per heavy atom. The van der Waals surface area contributed by atoms with Gasteiger partial charge < -0.3 is 25.7 Å². The molecule has 29 heavy (non-hydrogen) atoms. The molecule has 1 aliphatic carbocycles. The summed E-state index contributed by atoms with van der Waals surface area (Å²) in [6, 6.07) is 10.4. The van der Waals surface area contributed by atoms with Crippen LogP contribution in [-0.2, 0) is 14.4 Å². The Bertz CT molecular complexity index is 696. The molecule has 0 atom stereocenters. The van der Waals surface area contributed by atoms with E-state index in [-0.39, 0.29) is 36.7 Å². The molecule has 158 valence electrons. The normalized spacial score (nSPS) is 18.4. The smallest absolute Gasteiger partial charge is 0.263 e. The Morgan fingerprint density at radius 2 is 1.76 bits per heavy atom. The molecule has 0 bridgehead atoms. The lowest BCUT2D eigenvalue weighted by atomic mass is 9.95. The average molecular weight is 402 g/mol. The summed E-state index contributed by atoms with van der Waals surface area (Å²) in [5.74, 6) is -0.189. The maximum atomic E-state index is 12.3. The summed E-state index contributed by atoms with van der Waals surface area (Å²) in [5.41, 5.74) is 6.93. The van der Waals surface area contributed by atoms with Crippen molar-refractivity contribution < 1.29 is 14.4 Å². The van der Waals surface area contributed by atoms with Crippen LogP contribution in [0.2, 0.25) is 0 Å². The number of piperazine rings is 1. The second kappa shape index (κ2) is 10.7. The number of amidine groups is 1. The van der Waals surface area contributed by atoms with Crippen LogP contribution in [0.4, 0.5) is 5.69 Å². The minimum atomic E-state index is -0.170. The van der Waals surface area contributed by atoms with E-state index >= 15 is 0 Å². The van der Waals surface area contributed by atoms with Crippen LogP contribution in [0.25, 0.3) is 0 Å². The number of carbonyl (C=O) groups is 2. The lowest BCUT2D eigenvalue weighted by Crippen LogP contribution is -2.49. The highest BCUT2D eigenvalue weighted by Gasteiger charge is 2.21. The molecule has 1 saturated heterocycles. The van der Waals surface area contributed by atoms with E-state index in [1.807, 2.05) is 18.2 Å². The summed E-state index contributed by atoms with van der Waals surface area (Å²) in [5, 5.41) is 6.71. The fourth-order valence-corrected chi connectivity index (χ4v) is 3.84. The van der Waals surface area contributed by atoms with Crippen molar-refractivity contribution in [3.05, 3.63) is 30.3 Å². The van der Waals surface area contributed by atoms with Crippen molar-refractivity contribution in [1.82, 2.24) is 10.2 Å². The largest absolute Gasteiger partial charge is 0.384 e. The minimum Gasteiger partial charge on any atom is -0.384 e. The summed E-state index contributed by atoms with van der Waals surface area (Å²) in [6.07, 6.45) is 5.56. The van der Waals surface area contributed by atoms with Crippen molar-refractivity contribution in [2.24, 2.45) is 10.9 Å². The summed E-state index contributed by atoms with van der Waals surface area (Å²) in [7, 11) is 0. The molecule has 3 rings (SSSR count). The molecule has 8 heteroatoms. The number of carbonyl (C=O) groups excluding carboxylic acids is 2. The van der Waals surface area contributed by atoms with Crippen LogP contribution in [0.3, 0.4) is 0 Å². The number of hydrogen-bond donors (Lipinski definition) is 2. The minimum absolute atomic E-state index is 0.0135. The van der Waals surface area contributed by atoms with Gasteiger partial charge in [-0.15, -0.1) is 0 Å². The van der Waals surface area contributed by atoms with Crippen LogP contribution in [0.5, 0.6) is 0 Å². The molecule has 8 nitrogen and oxygen atoms in total. The van der Waals surface area contributed by atoms with E-state index in [1.54, 1.807) is 4.90 Å². The number of nitrogens with two attached hydrogens (primary N) is 1. The van der Waals surface area contributed by atoms with Crippen LogP contribution < -0.4 is 16.0 Å². The van der Waals surface area contributed by atoms with E-state index in [4.69, 9.17) is 10.6 Å². The van der Waals surface area contributed by atoms with Crippen LogP contribution >= 0.6 is 0 Å². The van der Waals surface area contributed by atoms with E-state index in [1.165, 1.54) is 12.1 Å². The van der Waals surface area contributed by atoms with Gasteiger partial charge in [-0.3, -0.25) is 9.59 Å². The number of anilines is 1. The Labute approximate surface area is 172 Å². The van der Waals surface area contributed by atoms with Crippen molar-refractivity contribution in [3.63, 3.8) is 0 Å². The first-order valence-electron chi connectivity index (χ1n) is 10.4. The predicted molar refractivity (Wildman–Crippen MR) is 112 cm³/mol. The molecule has 0 spiro atoms. The highest BCUT2D eigenvalue weighted by Crippen LogP contribution is 2.17. The number of para-hydroxylation sites is 1. The second-order valence-corrected chi connectivity index (χ2v) is 7.64. The number of hydrogen-bond acceptors (Lipinski definition) is 5. The first-order valence-corrected chi connectivity index (χ1v) is 10.4. The van der Waals surface area contributed by atoms with E-state index < -0.39 is 0 Å². The van der Waals surface area contributed by atoms with Gasteiger partial charge in [0.05, 0.1) is 6.42 Å². The molecule has 1 aromatic carbocycles. The molecule has 1 aliphatic heterocycles. The number of rotatable bonds is 7. The lowest BCUT2D eigenvalue weighted by Gasteiger charge is -2.35. The molecule has 2 fully saturated rings. The molecule has 1 aromatic rings. The zero-order valence-electron chi connectivity index (χ0n) is 16.9. The second-order valence-electron chi connectivity index (χ2n) is 7.64. The van der Waals surface area contributed by atoms with Gasteiger partial charge in [0.2, 0.25) is 5.91 Å². The number of nitrogens with zero attached hydrogens (tertiary/aromatic N) is 3. The fourth-order valence-electron chi connectivity index (χ4n) is 3.84. The predicted octanol–water partition coefficient (Wildman–Crippen LogP) is 1.46. The molecule has 1 saturated carbocycles. The topological polar surface area (TPSA) is 100 Å². The van der Waals surface area contributed by atoms with Gasteiger partial charge in [-0.05, 0) is 25.0 Å². The van der Waals surface area contributed by atoms with Crippen LogP contribution in [0.1, 0.15) is 38.5 Å². The highest BCUT2D eigenvalue weighted by atomic mass is 16.6. The summed E-state index contributed by atoms with van der Waals surface area (Å²) >= 11 is 0. The standard InChI is InChI=1S/C21H31N5O3/c22-19(15-20(27)23-17-7-3-1-4-8-17)24-29-16-21(28)26-13-11-25(12-14-26)18-9-5-2-6-10-18/h2,5-6,9-10,17H,1,3-4,7-8,11-16H2,(H2,22,24)(H,23,27). The molecule has 2 amide bonds. The van der Waals surface area contributed by atoms with Crippen LogP contribution in [0.15, 0.2) is 35.5 Å². The Kier molecular flexibility index (Phi) is 7.72. The SMILES string of the molecule is NC(CC(=O)NC1CCCCC1)=NOCC(=O)N1CCN(c2ccccc2)CC1. The van der Waals surface area contributed by atoms with Gasteiger partial charge in [0, 0.05) is 37.9 Å². The van der Waals surface area contributed by atoms with E-state index in [0.29, 0.717) is 13.1 Å². The van der Waals surface area contributed by atoms with Crippen molar-refractivity contribution in [1.29, 1.82) is 0 Å². The van der Waals surface area contributed by atoms with Gasteiger partial charge in [0.1, 0.15) is 5.84 Å². The van der Waals surface area contributed by atoms with Gasteiger partial charge in [-0.2, -0.15) is 0 Å². The molecule has 3 N–H and O–H groups in total. The first kappa shape index (κ1) is 21.0. The van der Waals surface area contributed by atoms with Crippen molar-refractivity contribution in [2.75, 3.05) is 37.7 Å². The van der Waals surface area contributed by atoms with Crippen molar-refractivity contribution in [2.45, 2.75) is 44.6 Å². The Hall–Kier alpha value is -2.77. The Balaban J connectivity index is 1.34. The maximum Gasteiger partial charge on any atom is 0.263 e. The third-order valence-corrected chi connectivity index (χ3v) is 5.44. The van der Waals surface area contributed by atoms with E-state index in [2.05, 4.69) is 27.5 Å². The molecule has 0 aromatic heterocycles. The zero-order chi connectivity index (χ0) is 20.5. The third kappa shape index (κ3) is 6.66. The van der Waals surface area contributed by atoms with Gasteiger partial charge in [0.15, 0.2) is 6.61 Å². The van der Waals surface area contributed by atoms with Gasteiger partial charge in [-0.1, -0.05) is 42.6 Å². The molecule has 2 aliphatic rings. The number of oxime groups is 1. The highest BCUT2D eigenvalue weighted by molar-refractivity contribution is 5.98. The number of amides is 2. The van der Waals surface area contributed by atoms with E-state index in [0.717, 1.165) is 38.8 Å². The average Bonchev–Trinajstić information content (AvgIpc) is 2.75. The van der Waals surface area contributed by atoms with Gasteiger partial charge in [0.25, 0.3) is 5.91 Å². The number of nitrogens with one attached hydrogen (secondary N) is 1. The molecule has 0 unspecified atom stereocenters.